The lowest BCUT2D eigenvalue weighted by atomic mass is 9.97. The highest BCUT2D eigenvalue weighted by molar-refractivity contribution is 6.09. The van der Waals surface area contributed by atoms with Crippen molar-refractivity contribution in [3.63, 3.8) is 0 Å². The molecule has 3 aromatic carbocycles. The zero-order valence-corrected chi connectivity index (χ0v) is 20.4. The second-order valence-electron chi connectivity index (χ2n) is 9.47. The molecule has 8 rings (SSSR count). The van der Waals surface area contributed by atoms with Gasteiger partial charge in [-0.2, -0.15) is 0 Å². The molecule has 178 valence electrons. The van der Waals surface area contributed by atoms with Gasteiger partial charge in [-0.25, -0.2) is 15.0 Å². The minimum Gasteiger partial charge on any atom is -0.306 e. The van der Waals surface area contributed by atoms with E-state index in [0.717, 1.165) is 66.9 Å². The lowest BCUT2D eigenvalue weighted by Gasteiger charge is -2.10. The van der Waals surface area contributed by atoms with Crippen LogP contribution in [0.3, 0.4) is 0 Å². The van der Waals surface area contributed by atoms with Crippen LogP contribution in [0.1, 0.15) is 0 Å². The van der Waals surface area contributed by atoms with Gasteiger partial charge < -0.3 is 4.40 Å². The van der Waals surface area contributed by atoms with E-state index >= 15 is 0 Å². The van der Waals surface area contributed by atoms with E-state index in [1.54, 1.807) is 0 Å². The molecule has 0 saturated heterocycles. The summed E-state index contributed by atoms with van der Waals surface area (Å²) in [6, 6.07) is 37.7. The molecule has 38 heavy (non-hydrogen) atoms. The Morgan fingerprint density at radius 1 is 0.500 bits per heavy atom. The van der Waals surface area contributed by atoms with Gasteiger partial charge in [0.05, 0.1) is 11.4 Å². The first kappa shape index (κ1) is 20.9. The molecule has 0 aliphatic heterocycles. The maximum Gasteiger partial charge on any atom is 0.165 e. The number of hydrogen-bond acceptors (Lipinski definition) is 3. The monoisotopic (exact) mass is 487 g/mol. The van der Waals surface area contributed by atoms with Gasteiger partial charge in [-0.05, 0) is 47.5 Å². The van der Waals surface area contributed by atoms with E-state index in [1.807, 2.05) is 48.8 Å². The Labute approximate surface area is 218 Å². The molecular weight excluding hydrogens is 466 g/mol. The van der Waals surface area contributed by atoms with Crippen molar-refractivity contribution in [1.82, 2.24) is 23.8 Å². The lowest BCUT2D eigenvalue weighted by Crippen LogP contribution is -1.92. The van der Waals surface area contributed by atoms with Crippen LogP contribution in [0.5, 0.6) is 0 Å². The predicted octanol–water partition coefficient (Wildman–Crippen LogP) is 7.68. The van der Waals surface area contributed by atoms with Crippen molar-refractivity contribution in [2.24, 2.45) is 0 Å². The summed E-state index contributed by atoms with van der Waals surface area (Å²) >= 11 is 0. The fraction of sp³-hybridized carbons (Fsp3) is 0. The molecule has 0 spiro atoms. The number of rotatable bonds is 3. The van der Waals surface area contributed by atoms with Gasteiger partial charge in [0.1, 0.15) is 16.8 Å². The minimum absolute atomic E-state index is 0.869. The first-order valence-corrected chi connectivity index (χ1v) is 12.6. The number of hydrogen-bond donors (Lipinski definition) is 0. The van der Waals surface area contributed by atoms with E-state index in [4.69, 9.17) is 15.0 Å². The van der Waals surface area contributed by atoms with Crippen LogP contribution >= 0.6 is 0 Å². The quantitative estimate of drug-likeness (QED) is 0.257. The molecule has 5 nitrogen and oxygen atoms in total. The summed E-state index contributed by atoms with van der Waals surface area (Å²) in [7, 11) is 0. The Kier molecular flexibility index (Phi) is 4.45. The van der Waals surface area contributed by atoms with Gasteiger partial charge in [-0.1, -0.05) is 72.8 Å². The van der Waals surface area contributed by atoms with E-state index < -0.39 is 0 Å². The zero-order chi connectivity index (χ0) is 25.1. The first-order chi connectivity index (χ1) is 18.8. The van der Waals surface area contributed by atoms with Crippen LogP contribution in [-0.4, -0.2) is 23.8 Å². The van der Waals surface area contributed by atoms with E-state index in [2.05, 4.69) is 87.8 Å². The molecule has 0 saturated carbocycles. The van der Waals surface area contributed by atoms with Gasteiger partial charge in [0.2, 0.25) is 0 Å². The van der Waals surface area contributed by atoms with Crippen LogP contribution in [0.2, 0.25) is 0 Å². The predicted molar refractivity (Wildman–Crippen MR) is 153 cm³/mol. The van der Waals surface area contributed by atoms with Gasteiger partial charge in [0, 0.05) is 40.5 Å². The summed E-state index contributed by atoms with van der Waals surface area (Å²) in [5.41, 5.74) is 9.98. The summed E-state index contributed by atoms with van der Waals surface area (Å²) in [4.78, 5) is 14.9. The third-order valence-corrected chi connectivity index (χ3v) is 7.15. The number of aromatic nitrogens is 5. The maximum absolute atomic E-state index is 5.17. The van der Waals surface area contributed by atoms with Crippen LogP contribution < -0.4 is 0 Å². The van der Waals surface area contributed by atoms with Crippen molar-refractivity contribution >= 4 is 33.2 Å². The number of pyridine rings is 3. The second-order valence-corrected chi connectivity index (χ2v) is 9.47. The van der Waals surface area contributed by atoms with E-state index in [1.165, 1.54) is 0 Å². The Morgan fingerprint density at radius 3 is 2.03 bits per heavy atom. The van der Waals surface area contributed by atoms with Gasteiger partial charge >= 0.3 is 0 Å². The fourth-order valence-electron chi connectivity index (χ4n) is 5.33. The lowest BCUT2D eigenvalue weighted by molar-refractivity contribution is 1.19. The number of benzene rings is 3. The minimum atomic E-state index is 0.869. The highest BCUT2D eigenvalue weighted by atomic mass is 15.1. The SMILES string of the molecule is c1cc(-c2cccc(-c3nc4c(nc5ccccn54)c4ccccc34)c2)cc(-c2cn3ccccc3n2)c1. The molecular formula is C33H21N5. The summed E-state index contributed by atoms with van der Waals surface area (Å²) in [5.74, 6) is 0. The van der Waals surface area contributed by atoms with E-state index in [0.29, 0.717) is 0 Å². The van der Waals surface area contributed by atoms with Crippen molar-refractivity contribution in [3.05, 3.63) is 128 Å². The molecule has 0 atom stereocenters. The molecule has 8 aromatic rings. The molecule has 0 amide bonds. The molecule has 0 aliphatic rings. The van der Waals surface area contributed by atoms with Crippen molar-refractivity contribution in [3.8, 4) is 33.6 Å². The average Bonchev–Trinajstić information content (AvgIpc) is 3.59. The standard InChI is InChI=1S/C33H21N5/c1-2-14-27-26(13-1)31(36-33-32(27)35-30-16-4-6-18-38(30)33)25-12-8-10-23(20-25)22-9-7-11-24(19-22)28-21-37-17-5-3-15-29(37)34-28/h1-21H. The van der Waals surface area contributed by atoms with E-state index in [9.17, 15) is 0 Å². The normalized spacial score (nSPS) is 11.7. The zero-order valence-electron chi connectivity index (χ0n) is 20.4. The summed E-state index contributed by atoms with van der Waals surface area (Å²) in [6.07, 6.45) is 6.13. The van der Waals surface area contributed by atoms with Gasteiger partial charge in [0.25, 0.3) is 0 Å². The molecule has 0 aliphatic carbocycles. The van der Waals surface area contributed by atoms with Crippen LogP contribution in [0, 0.1) is 0 Å². The molecule has 0 radical (unpaired) electrons. The molecule has 5 aromatic heterocycles. The molecule has 5 heteroatoms. The summed E-state index contributed by atoms with van der Waals surface area (Å²) < 4.78 is 4.11. The van der Waals surface area contributed by atoms with Crippen LogP contribution in [0.4, 0.5) is 0 Å². The van der Waals surface area contributed by atoms with Crippen LogP contribution in [0.25, 0.3) is 66.9 Å². The van der Waals surface area contributed by atoms with Gasteiger partial charge in [0.15, 0.2) is 5.65 Å². The van der Waals surface area contributed by atoms with Crippen molar-refractivity contribution in [1.29, 1.82) is 0 Å². The third kappa shape index (κ3) is 3.22. The summed E-state index contributed by atoms with van der Waals surface area (Å²) in [5, 5.41) is 2.20. The topological polar surface area (TPSA) is 47.5 Å². The van der Waals surface area contributed by atoms with E-state index in [-0.39, 0.29) is 0 Å². The largest absolute Gasteiger partial charge is 0.306 e. The van der Waals surface area contributed by atoms with Crippen LogP contribution in [0.15, 0.2) is 128 Å². The highest BCUT2D eigenvalue weighted by Crippen LogP contribution is 2.35. The Balaban J connectivity index is 1.29. The molecule has 0 bridgehead atoms. The van der Waals surface area contributed by atoms with Gasteiger partial charge in [-0.3, -0.25) is 4.40 Å². The molecule has 0 N–H and O–H groups in total. The second kappa shape index (κ2) is 8.11. The Morgan fingerprint density at radius 2 is 1.18 bits per heavy atom. The fourth-order valence-corrected chi connectivity index (χ4v) is 5.33. The average molecular weight is 488 g/mol. The Bertz CT molecular complexity index is 2120. The highest BCUT2D eigenvalue weighted by Gasteiger charge is 2.15. The molecule has 5 heterocycles. The number of imidazole rings is 2. The van der Waals surface area contributed by atoms with Crippen molar-refractivity contribution in [2.45, 2.75) is 0 Å². The summed E-state index contributed by atoms with van der Waals surface area (Å²) in [6.45, 7) is 0. The smallest absolute Gasteiger partial charge is 0.165 e. The molecule has 0 unspecified atom stereocenters. The van der Waals surface area contributed by atoms with Crippen LogP contribution in [-0.2, 0) is 0 Å². The first-order valence-electron chi connectivity index (χ1n) is 12.6. The third-order valence-electron chi connectivity index (χ3n) is 7.15. The van der Waals surface area contributed by atoms with Gasteiger partial charge in [-0.15, -0.1) is 0 Å². The number of fused-ring (bicyclic) bond motifs is 6. The van der Waals surface area contributed by atoms with Crippen molar-refractivity contribution < 1.29 is 0 Å². The number of nitrogens with zero attached hydrogens (tertiary/aromatic N) is 5. The van der Waals surface area contributed by atoms with Crippen molar-refractivity contribution in [2.75, 3.05) is 0 Å². The Hall–Kier alpha value is -5.29. The maximum atomic E-state index is 5.17. The molecule has 0 fully saturated rings.